The van der Waals surface area contributed by atoms with Crippen LogP contribution in [0.15, 0.2) is 35.1 Å². The first-order valence-electron chi connectivity index (χ1n) is 5.48. The first kappa shape index (κ1) is 9.96. The number of hydrogen-bond donors (Lipinski definition) is 2. The first-order chi connectivity index (χ1) is 8.22. The van der Waals surface area contributed by atoms with Crippen molar-refractivity contribution in [3.8, 4) is 16.9 Å². The lowest BCUT2D eigenvalue weighted by atomic mass is 10.0. The summed E-state index contributed by atoms with van der Waals surface area (Å²) in [6.45, 7) is 0.732. The number of nitrogens with two attached hydrogens (primary N) is 1. The number of nitrogens with one attached hydrogen (secondary N) is 1. The Hall–Kier alpha value is -2.23. The number of H-pyrrole nitrogens is 1. The molecule has 86 valence electrons. The van der Waals surface area contributed by atoms with Crippen LogP contribution in [-0.4, -0.2) is 11.6 Å². The van der Waals surface area contributed by atoms with E-state index in [9.17, 15) is 4.79 Å². The van der Waals surface area contributed by atoms with Crippen LogP contribution < -0.4 is 16.0 Å². The molecule has 0 aliphatic carbocycles. The van der Waals surface area contributed by atoms with Crippen molar-refractivity contribution in [3.63, 3.8) is 0 Å². The van der Waals surface area contributed by atoms with Gasteiger partial charge >= 0.3 is 0 Å². The fraction of sp³-hybridized carbons (Fsp3) is 0.154. The molecule has 1 aromatic carbocycles. The average Bonchev–Trinajstić information content (AvgIpc) is 2.74. The van der Waals surface area contributed by atoms with Crippen LogP contribution in [0.2, 0.25) is 0 Å². The molecule has 0 radical (unpaired) electrons. The van der Waals surface area contributed by atoms with E-state index in [1.807, 2.05) is 12.1 Å². The molecule has 4 heteroatoms. The Kier molecular flexibility index (Phi) is 2.14. The van der Waals surface area contributed by atoms with Crippen LogP contribution in [0.5, 0.6) is 5.75 Å². The van der Waals surface area contributed by atoms with Gasteiger partial charge in [-0.1, -0.05) is 6.07 Å². The number of rotatable bonds is 1. The maximum Gasteiger partial charge on any atom is 0.250 e. The van der Waals surface area contributed by atoms with Crippen molar-refractivity contribution in [1.29, 1.82) is 0 Å². The van der Waals surface area contributed by atoms with Gasteiger partial charge in [-0.2, -0.15) is 0 Å². The minimum Gasteiger partial charge on any atom is -0.493 e. The third-order valence-electron chi connectivity index (χ3n) is 2.89. The van der Waals surface area contributed by atoms with E-state index < -0.39 is 0 Å². The second-order valence-electron chi connectivity index (χ2n) is 4.11. The standard InChI is InChI=1S/C13H12N2O2/c14-12-6-10(7-13(16)15-12)8-1-2-11-9(5-8)3-4-17-11/h1-2,5-7H,3-4H2,(H3,14,15,16). The van der Waals surface area contributed by atoms with Crippen LogP contribution in [0, 0.1) is 0 Å². The van der Waals surface area contributed by atoms with Gasteiger partial charge in [0.15, 0.2) is 0 Å². The normalized spacial score (nSPS) is 13.2. The van der Waals surface area contributed by atoms with E-state index in [0.717, 1.165) is 29.9 Å². The highest BCUT2D eigenvalue weighted by Crippen LogP contribution is 2.30. The van der Waals surface area contributed by atoms with E-state index >= 15 is 0 Å². The van der Waals surface area contributed by atoms with Crippen molar-refractivity contribution >= 4 is 5.82 Å². The highest BCUT2D eigenvalue weighted by atomic mass is 16.5. The quantitative estimate of drug-likeness (QED) is 0.778. The molecule has 2 heterocycles. The Morgan fingerprint density at radius 2 is 2.06 bits per heavy atom. The second-order valence-corrected chi connectivity index (χ2v) is 4.11. The highest BCUT2D eigenvalue weighted by Gasteiger charge is 2.12. The molecule has 0 unspecified atom stereocenters. The van der Waals surface area contributed by atoms with Crippen LogP contribution >= 0.6 is 0 Å². The molecule has 0 spiro atoms. The summed E-state index contributed by atoms with van der Waals surface area (Å²) in [7, 11) is 0. The maximum absolute atomic E-state index is 11.4. The van der Waals surface area contributed by atoms with Gasteiger partial charge in [-0.25, -0.2) is 0 Å². The molecule has 1 aromatic heterocycles. The Morgan fingerprint density at radius 3 is 2.88 bits per heavy atom. The highest BCUT2D eigenvalue weighted by molar-refractivity contribution is 5.67. The summed E-state index contributed by atoms with van der Waals surface area (Å²) in [5, 5.41) is 0. The van der Waals surface area contributed by atoms with Gasteiger partial charge in [0.05, 0.1) is 6.61 Å². The van der Waals surface area contributed by atoms with Crippen molar-refractivity contribution in [3.05, 3.63) is 46.2 Å². The first-order valence-corrected chi connectivity index (χ1v) is 5.48. The fourth-order valence-corrected chi connectivity index (χ4v) is 2.10. The van der Waals surface area contributed by atoms with E-state index in [1.165, 1.54) is 5.56 Å². The summed E-state index contributed by atoms with van der Waals surface area (Å²) >= 11 is 0. The Bertz CT molecular complexity index is 632. The van der Waals surface area contributed by atoms with Gasteiger partial charge in [0.25, 0.3) is 0 Å². The predicted molar refractivity (Wildman–Crippen MR) is 66.1 cm³/mol. The molecule has 2 aromatic rings. The molecule has 0 bridgehead atoms. The van der Waals surface area contributed by atoms with E-state index in [0.29, 0.717) is 5.82 Å². The number of nitrogen functional groups attached to an aromatic ring is 1. The average molecular weight is 228 g/mol. The number of anilines is 1. The summed E-state index contributed by atoms with van der Waals surface area (Å²) in [6.07, 6.45) is 0.918. The smallest absolute Gasteiger partial charge is 0.250 e. The number of hydrogen-bond acceptors (Lipinski definition) is 3. The summed E-state index contributed by atoms with van der Waals surface area (Å²) in [6, 6.07) is 9.25. The van der Waals surface area contributed by atoms with Gasteiger partial charge in [0.1, 0.15) is 11.6 Å². The molecule has 4 nitrogen and oxygen atoms in total. The lowest BCUT2D eigenvalue weighted by molar-refractivity contribution is 0.357. The minimum atomic E-state index is -0.184. The van der Waals surface area contributed by atoms with Gasteiger partial charge in [-0.15, -0.1) is 0 Å². The van der Waals surface area contributed by atoms with Gasteiger partial charge < -0.3 is 15.5 Å². The van der Waals surface area contributed by atoms with Crippen LogP contribution in [0.25, 0.3) is 11.1 Å². The van der Waals surface area contributed by atoms with Crippen LogP contribution in [0.4, 0.5) is 5.82 Å². The Labute approximate surface area is 98.0 Å². The lowest BCUT2D eigenvalue weighted by Crippen LogP contribution is -2.07. The summed E-state index contributed by atoms with van der Waals surface area (Å²) in [5.41, 5.74) is 8.45. The van der Waals surface area contributed by atoms with Crippen LogP contribution in [0.1, 0.15) is 5.56 Å². The molecule has 17 heavy (non-hydrogen) atoms. The predicted octanol–water partition coefficient (Wildman–Crippen LogP) is 1.56. The monoisotopic (exact) mass is 228 g/mol. The van der Waals surface area contributed by atoms with Gasteiger partial charge in [0.2, 0.25) is 5.56 Å². The Balaban J connectivity index is 2.12. The van der Waals surface area contributed by atoms with Gasteiger partial charge in [-0.05, 0) is 34.9 Å². The van der Waals surface area contributed by atoms with E-state index in [4.69, 9.17) is 10.5 Å². The van der Waals surface area contributed by atoms with Crippen LogP contribution in [0.3, 0.4) is 0 Å². The summed E-state index contributed by atoms with van der Waals surface area (Å²) in [4.78, 5) is 13.9. The van der Waals surface area contributed by atoms with Gasteiger partial charge in [-0.3, -0.25) is 4.79 Å². The molecule has 0 amide bonds. The second kappa shape index (κ2) is 3.66. The Morgan fingerprint density at radius 1 is 1.18 bits per heavy atom. The van der Waals surface area contributed by atoms with E-state index in [1.54, 1.807) is 12.1 Å². The third-order valence-corrected chi connectivity index (χ3v) is 2.89. The van der Waals surface area contributed by atoms with Gasteiger partial charge in [0, 0.05) is 12.5 Å². The number of aromatic nitrogens is 1. The zero-order valence-corrected chi connectivity index (χ0v) is 9.19. The molecule has 0 saturated carbocycles. The molecule has 0 saturated heterocycles. The molecule has 3 rings (SSSR count). The fourth-order valence-electron chi connectivity index (χ4n) is 2.10. The van der Waals surface area contributed by atoms with Crippen molar-refractivity contribution < 1.29 is 4.74 Å². The van der Waals surface area contributed by atoms with Crippen molar-refractivity contribution in [2.24, 2.45) is 0 Å². The molecule has 1 aliphatic heterocycles. The molecule has 0 atom stereocenters. The molecule has 3 N–H and O–H groups in total. The number of fused-ring (bicyclic) bond motifs is 1. The van der Waals surface area contributed by atoms with Crippen molar-refractivity contribution in [2.45, 2.75) is 6.42 Å². The van der Waals surface area contributed by atoms with Crippen molar-refractivity contribution in [2.75, 3.05) is 12.3 Å². The van der Waals surface area contributed by atoms with Crippen LogP contribution in [-0.2, 0) is 6.42 Å². The molecular weight excluding hydrogens is 216 g/mol. The SMILES string of the molecule is Nc1cc(-c2ccc3c(c2)CCO3)cc(=O)[nH]1. The molecule has 1 aliphatic rings. The summed E-state index contributed by atoms with van der Waals surface area (Å²) in [5.74, 6) is 1.32. The zero-order chi connectivity index (χ0) is 11.8. The minimum absolute atomic E-state index is 0.184. The number of aromatic amines is 1. The third kappa shape index (κ3) is 1.78. The number of benzene rings is 1. The largest absolute Gasteiger partial charge is 0.493 e. The lowest BCUT2D eigenvalue weighted by Gasteiger charge is -2.05. The zero-order valence-electron chi connectivity index (χ0n) is 9.19. The van der Waals surface area contributed by atoms with E-state index in [2.05, 4.69) is 11.1 Å². The topological polar surface area (TPSA) is 68.1 Å². The van der Waals surface area contributed by atoms with Crippen molar-refractivity contribution in [1.82, 2.24) is 4.98 Å². The molecular formula is C13H12N2O2. The number of pyridine rings is 1. The van der Waals surface area contributed by atoms with E-state index in [-0.39, 0.29) is 5.56 Å². The summed E-state index contributed by atoms with van der Waals surface area (Å²) < 4.78 is 5.44. The number of ether oxygens (including phenoxy) is 1. The maximum atomic E-state index is 11.4. The molecule has 0 fully saturated rings.